The molecule has 1 saturated heterocycles. The third-order valence-corrected chi connectivity index (χ3v) is 5.10. The topological polar surface area (TPSA) is 105 Å². The Kier molecular flexibility index (Phi) is 4.38. The van der Waals surface area contributed by atoms with E-state index in [0.717, 1.165) is 6.42 Å². The first-order chi connectivity index (χ1) is 13.5. The first-order valence-electron chi connectivity index (χ1n) is 8.92. The van der Waals surface area contributed by atoms with Gasteiger partial charge in [0.15, 0.2) is 5.82 Å². The maximum absolute atomic E-state index is 13.2. The molecule has 0 radical (unpaired) electrons. The highest BCUT2D eigenvalue weighted by Gasteiger charge is 2.33. The number of aromatic carboxylic acids is 1. The van der Waals surface area contributed by atoms with Gasteiger partial charge < -0.3 is 14.6 Å². The summed E-state index contributed by atoms with van der Waals surface area (Å²) in [4.78, 5) is 46.8. The lowest BCUT2D eigenvalue weighted by Gasteiger charge is -2.24. The molecule has 3 aromatic rings. The largest absolute Gasteiger partial charge is 0.478 e. The summed E-state index contributed by atoms with van der Waals surface area (Å²) >= 11 is 0. The number of carbonyl (C=O) groups excluding carboxylic acids is 1. The monoisotopic (exact) mass is 378 g/mol. The van der Waals surface area contributed by atoms with E-state index < -0.39 is 5.97 Å². The van der Waals surface area contributed by atoms with E-state index in [1.807, 2.05) is 12.1 Å². The van der Waals surface area contributed by atoms with Crippen LogP contribution in [0.25, 0.3) is 10.8 Å². The van der Waals surface area contributed by atoms with Crippen LogP contribution in [0.1, 0.15) is 45.6 Å². The van der Waals surface area contributed by atoms with Crippen molar-refractivity contribution < 1.29 is 14.7 Å². The molecule has 0 bridgehead atoms. The van der Waals surface area contributed by atoms with Gasteiger partial charge >= 0.3 is 5.97 Å². The van der Waals surface area contributed by atoms with Gasteiger partial charge in [-0.1, -0.05) is 18.2 Å². The summed E-state index contributed by atoms with van der Waals surface area (Å²) in [6, 6.07) is 8.54. The number of rotatable bonds is 3. The molecule has 4 rings (SSSR count). The van der Waals surface area contributed by atoms with Crippen molar-refractivity contribution in [3.63, 3.8) is 0 Å². The minimum absolute atomic E-state index is 0.00320. The van der Waals surface area contributed by atoms with Crippen molar-refractivity contribution in [2.45, 2.75) is 18.9 Å². The van der Waals surface area contributed by atoms with Crippen LogP contribution in [0.4, 0.5) is 0 Å². The van der Waals surface area contributed by atoms with Gasteiger partial charge in [-0.15, -0.1) is 0 Å². The molecule has 142 valence electrons. The molecular formula is C20H18N4O4. The van der Waals surface area contributed by atoms with Gasteiger partial charge in [-0.3, -0.25) is 9.59 Å². The second-order valence-electron chi connectivity index (χ2n) is 6.77. The number of aromatic nitrogens is 3. The average molecular weight is 378 g/mol. The molecule has 0 saturated carbocycles. The Labute approximate surface area is 160 Å². The molecule has 1 N–H and O–H groups in total. The van der Waals surface area contributed by atoms with Gasteiger partial charge in [-0.25, -0.2) is 14.8 Å². The van der Waals surface area contributed by atoms with Crippen LogP contribution in [0.3, 0.4) is 0 Å². The van der Waals surface area contributed by atoms with Crippen LogP contribution in [-0.4, -0.2) is 43.0 Å². The van der Waals surface area contributed by atoms with E-state index in [1.165, 1.54) is 17.0 Å². The Bertz CT molecular complexity index is 1140. The smallest absolute Gasteiger partial charge is 0.338 e. The molecule has 28 heavy (non-hydrogen) atoms. The highest BCUT2D eigenvalue weighted by atomic mass is 16.4. The van der Waals surface area contributed by atoms with Crippen LogP contribution in [0.5, 0.6) is 0 Å². The second-order valence-corrected chi connectivity index (χ2v) is 6.77. The molecule has 1 aliphatic rings. The van der Waals surface area contributed by atoms with Crippen molar-refractivity contribution in [1.82, 2.24) is 19.4 Å². The van der Waals surface area contributed by atoms with E-state index in [-0.39, 0.29) is 23.1 Å². The van der Waals surface area contributed by atoms with Gasteiger partial charge in [-0.2, -0.15) is 0 Å². The van der Waals surface area contributed by atoms with Gasteiger partial charge in [0, 0.05) is 31.4 Å². The number of nitrogens with zero attached hydrogens (tertiary/aromatic N) is 4. The summed E-state index contributed by atoms with van der Waals surface area (Å²) in [6.45, 7) is 0.522. The fourth-order valence-corrected chi connectivity index (χ4v) is 3.60. The van der Waals surface area contributed by atoms with E-state index in [1.54, 1.807) is 30.1 Å². The lowest BCUT2D eigenvalue weighted by atomic mass is 10.1. The molecule has 0 aliphatic carbocycles. The van der Waals surface area contributed by atoms with E-state index in [4.69, 9.17) is 5.11 Å². The lowest BCUT2D eigenvalue weighted by Crippen LogP contribution is -2.35. The molecule has 8 nitrogen and oxygen atoms in total. The first kappa shape index (κ1) is 17.8. The zero-order valence-corrected chi connectivity index (χ0v) is 15.2. The number of carboxylic acid groups (broad SMARTS) is 1. The summed E-state index contributed by atoms with van der Waals surface area (Å²) in [7, 11) is 1.59. The predicted octanol–water partition coefficient (Wildman–Crippen LogP) is 2.00. The van der Waals surface area contributed by atoms with E-state index >= 15 is 0 Å². The molecule has 3 heterocycles. The van der Waals surface area contributed by atoms with Crippen molar-refractivity contribution in [3.05, 3.63) is 70.2 Å². The van der Waals surface area contributed by atoms with Crippen LogP contribution in [0, 0.1) is 0 Å². The molecule has 1 fully saturated rings. The quantitative estimate of drug-likeness (QED) is 0.747. The first-order valence-corrected chi connectivity index (χ1v) is 8.92. The Morgan fingerprint density at radius 1 is 1.18 bits per heavy atom. The number of hydrogen-bond acceptors (Lipinski definition) is 5. The maximum atomic E-state index is 13.2. The fourth-order valence-electron chi connectivity index (χ4n) is 3.60. The van der Waals surface area contributed by atoms with Gasteiger partial charge in [0.05, 0.1) is 11.6 Å². The minimum atomic E-state index is -1.10. The zero-order chi connectivity index (χ0) is 19.8. The highest BCUT2D eigenvalue weighted by Crippen LogP contribution is 2.31. The standard InChI is InChI=1S/C20H18N4O4/c1-23-16(9-12-5-2-3-6-14(12)18(23)25)19(26)24-8-4-7-15(24)17-21-10-13(11-22-17)20(27)28/h2-3,5-6,9-11,15H,4,7-8H2,1H3,(H,27,28). The third-order valence-electron chi connectivity index (χ3n) is 5.10. The Morgan fingerprint density at radius 2 is 1.89 bits per heavy atom. The van der Waals surface area contributed by atoms with Crippen LogP contribution in [0.15, 0.2) is 47.5 Å². The van der Waals surface area contributed by atoms with Crippen molar-refractivity contribution in [3.8, 4) is 0 Å². The fraction of sp³-hybridized carbons (Fsp3) is 0.250. The molecule has 8 heteroatoms. The number of fused-ring (bicyclic) bond motifs is 1. The number of benzene rings is 1. The molecule has 1 unspecified atom stereocenters. The molecular weight excluding hydrogens is 360 g/mol. The van der Waals surface area contributed by atoms with Crippen LogP contribution < -0.4 is 5.56 Å². The molecule has 0 spiro atoms. The summed E-state index contributed by atoms with van der Waals surface area (Å²) in [6.07, 6.45) is 3.95. The van der Waals surface area contributed by atoms with Crippen molar-refractivity contribution in [2.75, 3.05) is 6.54 Å². The Morgan fingerprint density at radius 3 is 2.61 bits per heavy atom. The highest BCUT2D eigenvalue weighted by molar-refractivity contribution is 5.97. The van der Waals surface area contributed by atoms with Crippen molar-refractivity contribution in [2.24, 2.45) is 7.05 Å². The average Bonchev–Trinajstić information content (AvgIpc) is 3.20. The van der Waals surface area contributed by atoms with E-state index in [0.29, 0.717) is 35.3 Å². The van der Waals surface area contributed by atoms with Crippen LogP contribution in [-0.2, 0) is 7.05 Å². The SMILES string of the molecule is Cn1c(C(=O)N2CCCC2c2ncc(C(=O)O)cn2)cc2ccccc2c1=O. The predicted molar refractivity (Wildman–Crippen MR) is 101 cm³/mol. The minimum Gasteiger partial charge on any atom is -0.478 e. The second kappa shape index (κ2) is 6.88. The van der Waals surface area contributed by atoms with Gasteiger partial charge in [0.25, 0.3) is 11.5 Å². The normalized spacial score (nSPS) is 16.5. The number of hydrogen-bond donors (Lipinski definition) is 1. The lowest BCUT2D eigenvalue weighted by molar-refractivity contribution is 0.0688. The van der Waals surface area contributed by atoms with Crippen molar-refractivity contribution in [1.29, 1.82) is 0 Å². The Balaban J connectivity index is 1.71. The maximum Gasteiger partial charge on any atom is 0.338 e. The summed E-state index contributed by atoms with van der Waals surface area (Å²) in [5.41, 5.74) is 0.0774. The molecule has 1 aliphatic heterocycles. The molecule has 1 atom stereocenters. The number of likely N-dealkylation sites (tertiary alicyclic amines) is 1. The van der Waals surface area contributed by atoms with E-state index in [9.17, 15) is 14.4 Å². The van der Waals surface area contributed by atoms with Crippen LogP contribution in [0.2, 0.25) is 0 Å². The number of amides is 1. The van der Waals surface area contributed by atoms with Gasteiger partial charge in [0.1, 0.15) is 5.69 Å². The number of pyridine rings is 1. The zero-order valence-electron chi connectivity index (χ0n) is 15.2. The summed E-state index contributed by atoms with van der Waals surface area (Å²) < 4.78 is 1.37. The molecule has 1 amide bonds. The third kappa shape index (κ3) is 2.92. The Hall–Kier alpha value is -3.55. The van der Waals surface area contributed by atoms with Crippen molar-refractivity contribution >= 4 is 22.6 Å². The number of carbonyl (C=O) groups is 2. The summed E-state index contributed by atoms with van der Waals surface area (Å²) in [5, 5.41) is 10.3. The molecule has 2 aromatic heterocycles. The number of carboxylic acids is 1. The van der Waals surface area contributed by atoms with E-state index in [2.05, 4.69) is 9.97 Å². The summed E-state index contributed by atoms with van der Waals surface area (Å²) in [5.74, 6) is -0.961. The van der Waals surface area contributed by atoms with Crippen LogP contribution >= 0.6 is 0 Å². The van der Waals surface area contributed by atoms with Gasteiger partial charge in [-0.05, 0) is 30.4 Å². The van der Waals surface area contributed by atoms with Gasteiger partial charge in [0.2, 0.25) is 0 Å². The molecule has 1 aromatic carbocycles.